The summed E-state index contributed by atoms with van der Waals surface area (Å²) in [4.78, 5) is 32.4. The standard InChI is InChI=1S/C21H31N3O3/c1-7-23-19(22-17-11-9-8-10-16(17)20(23)26)15(2)24(12-13-27-6)18(25)14-21(3,4)5/h8-11,15H,7,12-14H2,1-6H3. The number of rotatable bonds is 7. The molecule has 0 aliphatic rings. The average Bonchev–Trinajstić information content (AvgIpc) is 2.60. The van der Waals surface area contributed by atoms with E-state index in [4.69, 9.17) is 9.72 Å². The van der Waals surface area contributed by atoms with E-state index in [9.17, 15) is 9.59 Å². The molecule has 6 nitrogen and oxygen atoms in total. The predicted octanol–water partition coefficient (Wildman–Crippen LogP) is 3.39. The molecule has 1 heterocycles. The molecule has 148 valence electrons. The van der Waals surface area contributed by atoms with Gasteiger partial charge in [0.2, 0.25) is 5.91 Å². The van der Waals surface area contributed by atoms with Crippen LogP contribution in [0.1, 0.15) is 52.9 Å². The summed E-state index contributed by atoms with van der Waals surface area (Å²) in [5, 5.41) is 0.597. The molecule has 1 aromatic carbocycles. The summed E-state index contributed by atoms with van der Waals surface area (Å²) in [6.45, 7) is 11.4. The van der Waals surface area contributed by atoms with Gasteiger partial charge in [0.05, 0.1) is 23.6 Å². The fourth-order valence-corrected chi connectivity index (χ4v) is 3.23. The number of fused-ring (bicyclic) bond motifs is 1. The van der Waals surface area contributed by atoms with E-state index < -0.39 is 0 Å². The number of carbonyl (C=O) groups excluding carboxylic acids is 1. The van der Waals surface area contributed by atoms with Crippen LogP contribution < -0.4 is 5.56 Å². The molecule has 1 aromatic heterocycles. The molecule has 27 heavy (non-hydrogen) atoms. The van der Waals surface area contributed by atoms with Crippen LogP contribution in [0.3, 0.4) is 0 Å². The van der Waals surface area contributed by atoms with Gasteiger partial charge in [0.1, 0.15) is 5.82 Å². The van der Waals surface area contributed by atoms with Crippen molar-refractivity contribution in [3.63, 3.8) is 0 Å². The Hall–Kier alpha value is -2.21. The van der Waals surface area contributed by atoms with E-state index in [-0.39, 0.29) is 22.9 Å². The van der Waals surface area contributed by atoms with Crippen molar-refractivity contribution in [2.75, 3.05) is 20.3 Å². The summed E-state index contributed by atoms with van der Waals surface area (Å²) in [6.07, 6.45) is 0.422. The van der Waals surface area contributed by atoms with Gasteiger partial charge in [-0.25, -0.2) is 4.98 Å². The summed E-state index contributed by atoms with van der Waals surface area (Å²) in [6, 6.07) is 7.01. The van der Waals surface area contributed by atoms with Crippen molar-refractivity contribution in [2.45, 2.75) is 53.6 Å². The van der Waals surface area contributed by atoms with Crippen molar-refractivity contribution >= 4 is 16.8 Å². The number of hydrogen-bond donors (Lipinski definition) is 0. The lowest BCUT2D eigenvalue weighted by Gasteiger charge is -2.32. The molecule has 2 aromatic rings. The van der Waals surface area contributed by atoms with Crippen LogP contribution in [-0.2, 0) is 16.1 Å². The molecule has 0 bridgehead atoms. The molecule has 0 N–H and O–H groups in total. The molecule has 0 fully saturated rings. The Bertz CT molecular complexity index is 852. The van der Waals surface area contributed by atoms with Gasteiger partial charge in [-0.2, -0.15) is 0 Å². The maximum Gasteiger partial charge on any atom is 0.261 e. The van der Waals surface area contributed by atoms with Crippen molar-refractivity contribution in [2.24, 2.45) is 5.41 Å². The molecule has 0 spiro atoms. The van der Waals surface area contributed by atoms with E-state index >= 15 is 0 Å². The quantitative estimate of drug-likeness (QED) is 0.746. The summed E-state index contributed by atoms with van der Waals surface area (Å²) in [5.41, 5.74) is 0.465. The van der Waals surface area contributed by atoms with Gasteiger partial charge in [0.15, 0.2) is 0 Å². The average molecular weight is 373 g/mol. The SMILES string of the molecule is CCn1c(C(C)N(CCOC)C(=O)CC(C)(C)C)nc2ccccc2c1=O. The predicted molar refractivity (Wildman–Crippen MR) is 108 cm³/mol. The van der Waals surface area contributed by atoms with Crippen molar-refractivity contribution in [3.8, 4) is 0 Å². The Balaban J connectivity index is 2.51. The molecule has 1 amide bonds. The Morgan fingerprint density at radius 3 is 2.56 bits per heavy atom. The van der Waals surface area contributed by atoms with Gasteiger partial charge in [-0.1, -0.05) is 32.9 Å². The van der Waals surface area contributed by atoms with Crippen LogP contribution in [-0.4, -0.2) is 40.6 Å². The Labute approximate surface area is 161 Å². The Kier molecular flexibility index (Phi) is 6.76. The number of carbonyl (C=O) groups is 1. The fourth-order valence-electron chi connectivity index (χ4n) is 3.23. The number of nitrogens with zero attached hydrogens (tertiary/aromatic N) is 3. The number of benzene rings is 1. The topological polar surface area (TPSA) is 64.4 Å². The minimum absolute atomic E-state index is 0.0390. The van der Waals surface area contributed by atoms with Gasteiger partial charge >= 0.3 is 0 Å². The third-order valence-corrected chi connectivity index (χ3v) is 4.59. The highest BCUT2D eigenvalue weighted by molar-refractivity contribution is 5.78. The van der Waals surface area contributed by atoms with Gasteiger partial charge < -0.3 is 9.64 Å². The maximum absolute atomic E-state index is 13.0. The minimum atomic E-state index is -0.327. The summed E-state index contributed by atoms with van der Waals surface area (Å²) in [7, 11) is 1.62. The van der Waals surface area contributed by atoms with E-state index in [1.807, 2.05) is 52.8 Å². The van der Waals surface area contributed by atoms with Crippen LogP contribution in [0.15, 0.2) is 29.1 Å². The molecule has 0 saturated heterocycles. The van der Waals surface area contributed by atoms with Crippen LogP contribution in [0.4, 0.5) is 0 Å². The third kappa shape index (κ3) is 4.95. The molecular weight excluding hydrogens is 342 g/mol. The van der Waals surface area contributed by atoms with Crippen LogP contribution in [0.5, 0.6) is 0 Å². The lowest BCUT2D eigenvalue weighted by atomic mass is 9.91. The lowest BCUT2D eigenvalue weighted by Crippen LogP contribution is -2.40. The highest BCUT2D eigenvalue weighted by Crippen LogP contribution is 2.25. The normalized spacial score (nSPS) is 13.0. The van der Waals surface area contributed by atoms with Gasteiger partial charge in [0, 0.05) is 26.6 Å². The number of hydrogen-bond acceptors (Lipinski definition) is 4. The summed E-state index contributed by atoms with van der Waals surface area (Å²) < 4.78 is 6.87. The highest BCUT2D eigenvalue weighted by atomic mass is 16.5. The molecule has 6 heteroatoms. The molecule has 2 rings (SSSR count). The zero-order chi connectivity index (χ0) is 20.2. The van der Waals surface area contributed by atoms with Crippen LogP contribution in [0.25, 0.3) is 10.9 Å². The molecule has 0 radical (unpaired) electrons. The van der Waals surface area contributed by atoms with Gasteiger partial charge in [-0.3, -0.25) is 14.2 Å². The number of methoxy groups -OCH3 is 1. The fraction of sp³-hybridized carbons (Fsp3) is 0.571. The molecule has 0 aliphatic heterocycles. The van der Waals surface area contributed by atoms with Gasteiger partial charge in [0.25, 0.3) is 5.56 Å². The molecule has 0 saturated carbocycles. The van der Waals surface area contributed by atoms with Crippen molar-refractivity contribution in [1.82, 2.24) is 14.5 Å². The molecular formula is C21H31N3O3. The maximum atomic E-state index is 13.0. The van der Waals surface area contributed by atoms with E-state index in [2.05, 4.69) is 0 Å². The van der Waals surface area contributed by atoms with Crippen molar-refractivity contribution in [1.29, 1.82) is 0 Å². The first kappa shape index (κ1) is 21.1. The van der Waals surface area contributed by atoms with Crippen LogP contribution in [0, 0.1) is 5.41 Å². The summed E-state index contributed by atoms with van der Waals surface area (Å²) in [5.74, 6) is 0.650. The van der Waals surface area contributed by atoms with Gasteiger partial charge in [-0.15, -0.1) is 0 Å². The molecule has 1 atom stereocenters. The largest absolute Gasteiger partial charge is 0.383 e. The Morgan fingerprint density at radius 1 is 1.30 bits per heavy atom. The second kappa shape index (κ2) is 8.65. The lowest BCUT2D eigenvalue weighted by molar-refractivity contribution is -0.136. The van der Waals surface area contributed by atoms with Crippen molar-refractivity contribution < 1.29 is 9.53 Å². The third-order valence-electron chi connectivity index (χ3n) is 4.59. The first-order valence-corrected chi connectivity index (χ1v) is 9.47. The van der Waals surface area contributed by atoms with E-state index in [0.717, 1.165) is 0 Å². The minimum Gasteiger partial charge on any atom is -0.383 e. The molecule has 0 aliphatic carbocycles. The first-order valence-electron chi connectivity index (χ1n) is 9.47. The highest BCUT2D eigenvalue weighted by Gasteiger charge is 2.28. The number of para-hydroxylation sites is 1. The number of ether oxygens (including phenoxy) is 1. The van der Waals surface area contributed by atoms with Crippen LogP contribution in [0.2, 0.25) is 0 Å². The summed E-state index contributed by atoms with van der Waals surface area (Å²) >= 11 is 0. The molecule has 1 unspecified atom stereocenters. The van der Waals surface area contributed by atoms with Crippen LogP contribution >= 0.6 is 0 Å². The number of amides is 1. The Morgan fingerprint density at radius 2 is 1.96 bits per heavy atom. The zero-order valence-corrected chi connectivity index (χ0v) is 17.3. The second-order valence-electron chi connectivity index (χ2n) is 8.03. The smallest absolute Gasteiger partial charge is 0.261 e. The first-order chi connectivity index (χ1) is 12.7. The van der Waals surface area contributed by atoms with Crippen molar-refractivity contribution in [3.05, 3.63) is 40.4 Å². The monoisotopic (exact) mass is 373 g/mol. The van der Waals surface area contributed by atoms with E-state index in [1.54, 1.807) is 22.6 Å². The number of aromatic nitrogens is 2. The van der Waals surface area contributed by atoms with E-state index in [1.165, 1.54) is 0 Å². The second-order valence-corrected chi connectivity index (χ2v) is 8.03. The zero-order valence-electron chi connectivity index (χ0n) is 17.3. The van der Waals surface area contributed by atoms with Gasteiger partial charge in [-0.05, 0) is 31.4 Å². The van der Waals surface area contributed by atoms with E-state index in [0.29, 0.717) is 42.8 Å².